The van der Waals surface area contributed by atoms with Crippen LogP contribution in [-0.4, -0.2) is 25.7 Å². The molecule has 126 valence electrons. The Morgan fingerprint density at radius 1 is 1.16 bits per heavy atom. The van der Waals surface area contributed by atoms with Gasteiger partial charge in [0.05, 0.1) is 0 Å². The van der Waals surface area contributed by atoms with E-state index in [4.69, 9.17) is 16.0 Å². The van der Waals surface area contributed by atoms with Crippen LogP contribution in [0.15, 0.2) is 40.8 Å². The minimum absolute atomic E-state index is 0.354. The van der Waals surface area contributed by atoms with Gasteiger partial charge in [-0.15, -0.1) is 10.2 Å². The third-order valence-corrected chi connectivity index (χ3v) is 4.30. The smallest absolute Gasteiger partial charge is 0.239 e. The summed E-state index contributed by atoms with van der Waals surface area (Å²) in [6.45, 7) is 0. The molecule has 0 spiro atoms. The zero-order chi connectivity index (χ0) is 17.4. The Morgan fingerprint density at radius 2 is 2.04 bits per heavy atom. The number of nitrogens with zero attached hydrogens (tertiary/aromatic N) is 3. The van der Waals surface area contributed by atoms with E-state index in [1.807, 2.05) is 12.1 Å². The minimum Gasteiger partial charge on any atom is -0.505 e. The number of phenols is 1. The molecule has 8 heteroatoms. The van der Waals surface area contributed by atoms with E-state index >= 15 is 0 Å². The van der Waals surface area contributed by atoms with Crippen molar-refractivity contribution in [2.75, 3.05) is 0 Å². The second-order valence-corrected chi connectivity index (χ2v) is 6.02. The molecule has 0 aliphatic carbocycles. The average molecular weight is 359 g/mol. The second kappa shape index (κ2) is 6.18. The summed E-state index contributed by atoms with van der Waals surface area (Å²) in [4.78, 5) is 0. The summed E-state index contributed by atoms with van der Waals surface area (Å²) < 4.78 is 19.2. The fraction of sp³-hybridized carbons (Fsp3) is 0.118. The van der Waals surface area contributed by atoms with Crippen LogP contribution in [0.1, 0.15) is 11.1 Å². The van der Waals surface area contributed by atoms with Crippen molar-refractivity contribution in [2.45, 2.75) is 12.8 Å². The first-order valence-corrected chi connectivity index (χ1v) is 7.91. The number of aromatic hydroxyl groups is 1. The Balaban J connectivity index is 1.60. The number of halogens is 2. The zero-order valence-electron chi connectivity index (χ0n) is 12.8. The number of aryl methyl sites for hydroxylation is 2. The molecule has 2 heterocycles. The molecule has 0 saturated carbocycles. The lowest BCUT2D eigenvalue weighted by atomic mass is 10.0. The topological polar surface area (TPSA) is 87.8 Å². The summed E-state index contributed by atoms with van der Waals surface area (Å²) in [5, 5.41) is 24.4. The molecular weight excluding hydrogens is 347 g/mol. The van der Waals surface area contributed by atoms with Crippen molar-refractivity contribution in [1.82, 2.24) is 20.6 Å². The number of benzene rings is 2. The van der Waals surface area contributed by atoms with E-state index in [0.29, 0.717) is 35.0 Å². The van der Waals surface area contributed by atoms with Crippen LogP contribution < -0.4 is 0 Å². The van der Waals surface area contributed by atoms with E-state index in [0.717, 1.165) is 16.5 Å². The maximum atomic E-state index is 13.4. The number of hydrogen-bond donors (Lipinski definition) is 2. The summed E-state index contributed by atoms with van der Waals surface area (Å²) in [5.41, 5.74) is 2.33. The first kappa shape index (κ1) is 15.6. The van der Waals surface area contributed by atoms with Crippen molar-refractivity contribution in [1.29, 1.82) is 0 Å². The summed E-state index contributed by atoms with van der Waals surface area (Å²) in [6.07, 6.45) is 1.19. The van der Waals surface area contributed by atoms with Crippen molar-refractivity contribution in [3.8, 4) is 17.3 Å². The zero-order valence-corrected chi connectivity index (χ0v) is 13.6. The number of furan rings is 1. The Labute approximate surface area is 146 Å². The molecule has 2 aromatic carbocycles. The van der Waals surface area contributed by atoms with E-state index in [9.17, 15) is 9.50 Å². The van der Waals surface area contributed by atoms with Crippen LogP contribution in [0, 0.1) is 5.82 Å². The van der Waals surface area contributed by atoms with Gasteiger partial charge in [0.25, 0.3) is 0 Å². The number of H-pyrrole nitrogens is 1. The summed E-state index contributed by atoms with van der Waals surface area (Å²) >= 11 is 6.35. The lowest BCUT2D eigenvalue weighted by Gasteiger charge is -2.06. The monoisotopic (exact) mass is 358 g/mol. The summed E-state index contributed by atoms with van der Waals surface area (Å²) in [7, 11) is 0. The van der Waals surface area contributed by atoms with Gasteiger partial charge < -0.3 is 9.52 Å². The number of phenolic OH excluding ortho intramolecular Hbond substituents is 1. The van der Waals surface area contributed by atoms with Crippen LogP contribution in [0.25, 0.3) is 22.6 Å². The molecule has 25 heavy (non-hydrogen) atoms. The lowest BCUT2D eigenvalue weighted by Crippen LogP contribution is -1.93. The Morgan fingerprint density at radius 3 is 2.80 bits per heavy atom. The molecule has 4 rings (SSSR count). The van der Waals surface area contributed by atoms with E-state index in [1.165, 1.54) is 12.1 Å². The number of aromatic nitrogens is 4. The first-order chi connectivity index (χ1) is 12.1. The predicted octanol–water partition coefficient (Wildman–Crippen LogP) is 3.90. The molecule has 2 aromatic heterocycles. The van der Waals surface area contributed by atoms with Crippen LogP contribution in [0.2, 0.25) is 5.02 Å². The number of hydrogen-bond acceptors (Lipinski definition) is 5. The fourth-order valence-corrected chi connectivity index (χ4v) is 2.92. The highest BCUT2D eigenvalue weighted by atomic mass is 35.5. The number of aromatic amines is 1. The second-order valence-electron chi connectivity index (χ2n) is 5.61. The molecule has 0 fully saturated rings. The molecule has 0 bridgehead atoms. The quantitative estimate of drug-likeness (QED) is 0.577. The van der Waals surface area contributed by atoms with Gasteiger partial charge in [-0.25, -0.2) is 4.39 Å². The van der Waals surface area contributed by atoms with Crippen molar-refractivity contribution in [3.63, 3.8) is 0 Å². The third-order valence-electron chi connectivity index (χ3n) is 3.95. The van der Waals surface area contributed by atoms with Crippen LogP contribution in [-0.2, 0) is 12.8 Å². The Hall–Kier alpha value is -2.93. The van der Waals surface area contributed by atoms with Crippen molar-refractivity contribution < 1.29 is 13.9 Å². The van der Waals surface area contributed by atoms with Gasteiger partial charge in [0.1, 0.15) is 5.58 Å². The first-order valence-electron chi connectivity index (χ1n) is 7.53. The van der Waals surface area contributed by atoms with E-state index in [-0.39, 0.29) is 5.75 Å². The number of nitrogens with one attached hydrogen (secondary N) is 1. The van der Waals surface area contributed by atoms with Crippen LogP contribution in [0.4, 0.5) is 4.39 Å². The molecule has 0 saturated heterocycles. The molecular formula is C17H12ClFN4O2. The maximum absolute atomic E-state index is 13.4. The van der Waals surface area contributed by atoms with E-state index < -0.39 is 5.82 Å². The Kier molecular flexibility index (Phi) is 3.85. The number of fused-ring (bicyclic) bond motifs is 1. The van der Waals surface area contributed by atoms with Crippen molar-refractivity contribution >= 4 is 22.6 Å². The van der Waals surface area contributed by atoms with Crippen molar-refractivity contribution in [2.24, 2.45) is 0 Å². The predicted molar refractivity (Wildman–Crippen MR) is 89.9 cm³/mol. The molecule has 0 radical (unpaired) electrons. The maximum Gasteiger partial charge on any atom is 0.239 e. The van der Waals surface area contributed by atoms with Crippen LogP contribution in [0.5, 0.6) is 5.75 Å². The number of rotatable bonds is 4. The molecule has 0 amide bonds. The highest BCUT2D eigenvalue weighted by Crippen LogP contribution is 2.30. The van der Waals surface area contributed by atoms with Gasteiger partial charge in [0.2, 0.25) is 5.82 Å². The van der Waals surface area contributed by atoms with Gasteiger partial charge >= 0.3 is 0 Å². The van der Waals surface area contributed by atoms with Gasteiger partial charge in [-0.3, -0.25) is 0 Å². The SMILES string of the molecule is Oc1ccc(CCc2cc3oc(-c4nn[nH]n4)cc3cc2Cl)cc1F. The summed E-state index contributed by atoms with van der Waals surface area (Å²) in [6, 6.07) is 9.83. The van der Waals surface area contributed by atoms with Gasteiger partial charge in [0, 0.05) is 10.4 Å². The standard InChI is InChI=1S/C17H12ClFN4O2/c18-12-6-11-8-16(17-20-22-23-21-17)25-15(11)7-10(12)3-1-9-2-4-14(24)13(19)5-9/h2,4-8,24H,1,3H2,(H,20,21,22,23). The minimum atomic E-state index is -0.630. The molecule has 0 aliphatic rings. The van der Waals surface area contributed by atoms with Gasteiger partial charge in [-0.2, -0.15) is 5.21 Å². The van der Waals surface area contributed by atoms with E-state index in [2.05, 4.69) is 20.6 Å². The molecule has 4 aromatic rings. The van der Waals surface area contributed by atoms with E-state index in [1.54, 1.807) is 12.1 Å². The molecule has 0 aliphatic heterocycles. The van der Waals surface area contributed by atoms with Gasteiger partial charge in [-0.1, -0.05) is 17.7 Å². The average Bonchev–Trinajstić information content (AvgIpc) is 3.24. The van der Waals surface area contributed by atoms with Crippen LogP contribution >= 0.6 is 11.6 Å². The van der Waals surface area contributed by atoms with Crippen LogP contribution in [0.3, 0.4) is 0 Å². The van der Waals surface area contributed by atoms with Gasteiger partial charge in [-0.05, 0) is 59.5 Å². The Bertz CT molecular complexity index is 1050. The summed E-state index contributed by atoms with van der Waals surface area (Å²) in [5.74, 6) is -0.117. The molecule has 2 N–H and O–H groups in total. The fourth-order valence-electron chi connectivity index (χ4n) is 2.65. The lowest BCUT2D eigenvalue weighted by molar-refractivity contribution is 0.432. The molecule has 6 nitrogen and oxygen atoms in total. The van der Waals surface area contributed by atoms with Crippen molar-refractivity contribution in [3.05, 3.63) is 58.4 Å². The highest BCUT2D eigenvalue weighted by molar-refractivity contribution is 6.32. The normalized spacial score (nSPS) is 11.3. The third kappa shape index (κ3) is 3.06. The molecule has 0 unspecified atom stereocenters. The molecule has 0 atom stereocenters. The van der Waals surface area contributed by atoms with Gasteiger partial charge in [0.15, 0.2) is 17.3 Å². The number of tetrazole rings is 1. The largest absolute Gasteiger partial charge is 0.505 e. The highest BCUT2D eigenvalue weighted by Gasteiger charge is 2.13.